The molecule has 9 heteroatoms. The Kier molecular flexibility index (Phi) is 7.47. The molecular formula is C30H26ClN5O3. The summed E-state index contributed by atoms with van der Waals surface area (Å²) in [5.41, 5.74) is 4.67. The van der Waals surface area contributed by atoms with E-state index in [-0.39, 0.29) is 36.5 Å². The van der Waals surface area contributed by atoms with Crippen molar-refractivity contribution in [1.29, 1.82) is 0 Å². The zero-order chi connectivity index (χ0) is 27.5. The molecule has 8 nitrogen and oxygen atoms in total. The second kappa shape index (κ2) is 11.1. The van der Waals surface area contributed by atoms with Crippen molar-refractivity contribution >= 4 is 35.1 Å². The number of nitrogens with one attached hydrogen (secondary N) is 1. The van der Waals surface area contributed by atoms with Crippen LogP contribution in [0.5, 0.6) is 0 Å². The third kappa shape index (κ3) is 5.86. The second-order valence-electron chi connectivity index (χ2n) is 9.61. The first-order valence-corrected chi connectivity index (χ1v) is 12.9. The van der Waals surface area contributed by atoms with Crippen molar-refractivity contribution in [2.24, 2.45) is 0 Å². The average Bonchev–Trinajstić information content (AvgIpc) is 3.00. The van der Waals surface area contributed by atoms with E-state index in [1.54, 1.807) is 53.8 Å². The van der Waals surface area contributed by atoms with Crippen LogP contribution in [0.15, 0.2) is 73.2 Å². The Balaban J connectivity index is 1.44. The molecule has 0 saturated carbocycles. The van der Waals surface area contributed by atoms with E-state index in [0.29, 0.717) is 28.1 Å². The number of ketones is 1. The molecule has 2 aromatic carbocycles. The predicted octanol–water partition coefficient (Wildman–Crippen LogP) is 4.77. The minimum absolute atomic E-state index is 0.0826. The number of aromatic nitrogens is 3. The van der Waals surface area contributed by atoms with Crippen LogP contribution in [0.3, 0.4) is 0 Å². The van der Waals surface area contributed by atoms with Gasteiger partial charge in [0.05, 0.1) is 6.04 Å². The first-order chi connectivity index (χ1) is 18.8. The maximum absolute atomic E-state index is 13.8. The zero-order valence-corrected chi connectivity index (χ0v) is 22.3. The van der Waals surface area contributed by atoms with E-state index in [4.69, 9.17) is 11.6 Å². The van der Waals surface area contributed by atoms with E-state index in [1.807, 2.05) is 38.1 Å². The summed E-state index contributed by atoms with van der Waals surface area (Å²) in [5.74, 6) is -0.438. The number of Topliss-reactive ketones (excluding diaryl/α,β-unsaturated/α-hetero) is 1. The molecule has 1 aliphatic rings. The van der Waals surface area contributed by atoms with Gasteiger partial charge in [-0.2, -0.15) is 0 Å². The highest BCUT2D eigenvalue weighted by Gasteiger charge is 2.35. The van der Waals surface area contributed by atoms with Gasteiger partial charge in [0, 0.05) is 59.8 Å². The Hall–Kier alpha value is -4.43. The topological polar surface area (TPSA) is 105 Å². The van der Waals surface area contributed by atoms with Crippen molar-refractivity contribution in [2.45, 2.75) is 39.3 Å². The Morgan fingerprint density at radius 3 is 2.54 bits per heavy atom. The van der Waals surface area contributed by atoms with Crippen LogP contribution >= 0.6 is 11.6 Å². The van der Waals surface area contributed by atoms with Crippen molar-refractivity contribution in [3.8, 4) is 0 Å². The summed E-state index contributed by atoms with van der Waals surface area (Å²) in [6.45, 7) is 3.88. The van der Waals surface area contributed by atoms with Gasteiger partial charge in [-0.15, -0.1) is 0 Å². The Bertz CT molecular complexity index is 1560. The molecule has 1 aliphatic heterocycles. The number of carbonyl (C=O) groups is 3. The Labute approximate surface area is 231 Å². The summed E-state index contributed by atoms with van der Waals surface area (Å²) in [7, 11) is 0. The number of hydrogen-bond donors (Lipinski definition) is 1. The maximum Gasteiger partial charge on any atom is 0.258 e. The molecule has 0 aliphatic carbocycles. The standard InChI is InChI=1S/C30H26ClN5O3/c1-18-15-33-30(34-16-18)35-28(38)24-8-6-20(11-19(24)2)17-36-26(14-23-5-3-4-10-32-23)27(37)13-21-12-22(31)7-9-25(21)29(36)39/h3-12,15-16,26H,13-14,17H2,1-2H3,(H,33,34,35,38)/t26-/m1/s1. The number of anilines is 1. The third-order valence-electron chi connectivity index (χ3n) is 6.69. The number of benzene rings is 2. The maximum atomic E-state index is 13.8. The van der Waals surface area contributed by atoms with Gasteiger partial charge in [0.25, 0.3) is 11.8 Å². The number of carbonyl (C=O) groups excluding carboxylic acids is 3. The number of pyridine rings is 1. The normalized spacial score (nSPS) is 15.1. The molecule has 4 aromatic rings. The number of amides is 2. The van der Waals surface area contributed by atoms with Crippen LogP contribution < -0.4 is 5.32 Å². The monoisotopic (exact) mass is 539 g/mol. The molecule has 2 aromatic heterocycles. The van der Waals surface area contributed by atoms with Gasteiger partial charge in [0.15, 0.2) is 5.78 Å². The highest BCUT2D eigenvalue weighted by molar-refractivity contribution is 6.30. The summed E-state index contributed by atoms with van der Waals surface area (Å²) >= 11 is 6.19. The highest BCUT2D eigenvalue weighted by Crippen LogP contribution is 2.27. The van der Waals surface area contributed by atoms with E-state index in [0.717, 1.165) is 22.4 Å². The molecule has 1 atom stereocenters. The van der Waals surface area contributed by atoms with E-state index < -0.39 is 6.04 Å². The van der Waals surface area contributed by atoms with Crippen molar-refractivity contribution < 1.29 is 14.4 Å². The number of nitrogens with zero attached hydrogens (tertiary/aromatic N) is 4. The molecule has 3 heterocycles. The highest BCUT2D eigenvalue weighted by atomic mass is 35.5. The lowest BCUT2D eigenvalue weighted by molar-refractivity contribution is -0.122. The van der Waals surface area contributed by atoms with Gasteiger partial charge >= 0.3 is 0 Å². The Morgan fingerprint density at radius 1 is 1.03 bits per heavy atom. The van der Waals surface area contributed by atoms with Crippen LogP contribution in [0.4, 0.5) is 5.95 Å². The first-order valence-electron chi connectivity index (χ1n) is 12.5. The van der Waals surface area contributed by atoms with Crippen molar-refractivity contribution in [3.63, 3.8) is 0 Å². The van der Waals surface area contributed by atoms with Gasteiger partial charge in [0.1, 0.15) is 0 Å². The predicted molar refractivity (Wildman–Crippen MR) is 148 cm³/mol. The van der Waals surface area contributed by atoms with Gasteiger partial charge in [0.2, 0.25) is 5.95 Å². The van der Waals surface area contributed by atoms with Crippen LogP contribution in [0.25, 0.3) is 0 Å². The van der Waals surface area contributed by atoms with Crippen LogP contribution in [-0.4, -0.2) is 43.5 Å². The van der Waals surface area contributed by atoms with Gasteiger partial charge in [-0.3, -0.25) is 24.7 Å². The van der Waals surface area contributed by atoms with E-state index in [2.05, 4.69) is 20.3 Å². The quantitative estimate of drug-likeness (QED) is 0.378. The molecule has 0 radical (unpaired) electrons. The van der Waals surface area contributed by atoms with Crippen LogP contribution in [0.2, 0.25) is 5.02 Å². The molecule has 0 bridgehead atoms. The zero-order valence-electron chi connectivity index (χ0n) is 21.5. The molecule has 0 unspecified atom stereocenters. The lowest BCUT2D eigenvalue weighted by Gasteiger charge is -2.29. The summed E-state index contributed by atoms with van der Waals surface area (Å²) in [6.07, 6.45) is 5.33. The average molecular weight is 540 g/mol. The van der Waals surface area contributed by atoms with Crippen LogP contribution in [0, 0.1) is 13.8 Å². The molecule has 0 fully saturated rings. The molecule has 2 amide bonds. The van der Waals surface area contributed by atoms with Gasteiger partial charge in [-0.25, -0.2) is 9.97 Å². The SMILES string of the molecule is Cc1cnc(NC(=O)c2ccc(CN3C(=O)c4ccc(Cl)cc4CC(=O)[C@H]3Cc3ccccn3)cc2C)nc1. The smallest absolute Gasteiger partial charge is 0.258 e. The van der Waals surface area contributed by atoms with E-state index in [1.165, 1.54) is 0 Å². The van der Waals surface area contributed by atoms with Crippen molar-refractivity contribution in [3.05, 3.63) is 117 Å². The number of rotatable bonds is 6. The summed E-state index contributed by atoms with van der Waals surface area (Å²) in [4.78, 5) is 54.4. The van der Waals surface area contributed by atoms with Crippen molar-refractivity contribution in [2.75, 3.05) is 5.32 Å². The number of hydrogen-bond acceptors (Lipinski definition) is 6. The lowest BCUT2D eigenvalue weighted by Crippen LogP contribution is -2.45. The number of fused-ring (bicyclic) bond motifs is 1. The molecule has 1 N–H and O–H groups in total. The lowest BCUT2D eigenvalue weighted by atomic mass is 9.99. The molecule has 196 valence electrons. The minimum Gasteiger partial charge on any atom is -0.324 e. The van der Waals surface area contributed by atoms with E-state index >= 15 is 0 Å². The van der Waals surface area contributed by atoms with Crippen LogP contribution in [0.1, 0.15) is 48.7 Å². The third-order valence-corrected chi connectivity index (χ3v) is 6.93. The number of aryl methyl sites for hydroxylation is 2. The van der Waals surface area contributed by atoms with Gasteiger partial charge < -0.3 is 4.90 Å². The molecule has 5 rings (SSSR count). The van der Waals surface area contributed by atoms with Crippen molar-refractivity contribution in [1.82, 2.24) is 19.9 Å². The molecule has 0 saturated heterocycles. The fraction of sp³-hybridized carbons (Fsp3) is 0.200. The summed E-state index contributed by atoms with van der Waals surface area (Å²) in [5, 5.41) is 3.19. The van der Waals surface area contributed by atoms with Gasteiger partial charge in [-0.05, 0) is 72.5 Å². The second-order valence-corrected chi connectivity index (χ2v) is 10.0. The summed E-state index contributed by atoms with van der Waals surface area (Å²) in [6, 6.07) is 15.2. The van der Waals surface area contributed by atoms with E-state index in [9.17, 15) is 14.4 Å². The first kappa shape index (κ1) is 26.2. The molecular weight excluding hydrogens is 514 g/mol. The van der Waals surface area contributed by atoms with Crippen LogP contribution in [-0.2, 0) is 24.2 Å². The molecule has 0 spiro atoms. The van der Waals surface area contributed by atoms with Gasteiger partial charge in [-0.1, -0.05) is 29.8 Å². The molecule has 39 heavy (non-hydrogen) atoms. The largest absolute Gasteiger partial charge is 0.324 e. The number of halogens is 1. The summed E-state index contributed by atoms with van der Waals surface area (Å²) < 4.78 is 0. The fourth-order valence-corrected chi connectivity index (χ4v) is 4.91. The minimum atomic E-state index is -0.708. The fourth-order valence-electron chi connectivity index (χ4n) is 4.72. The Morgan fingerprint density at radius 2 is 1.82 bits per heavy atom.